The largest absolute Gasteiger partial charge is 0.493 e. The van der Waals surface area contributed by atoms with Gasteiger partial charge in [0.1, 0.15) is 17.4 Å². The van der Waals surface area contributed by atoms with Crippen LogP contribution in [0.15, 0.2) is 36.1 Å². The molecule has 3 atom stereocenters. The topological polar surface area (TPSA) is 102 Å². The molecule has 168 valence electrons. The molecule has 2 aromatic rings. The first kappa shape index (κ1) is 20.3. The lowest BCUT2D eigenvalue weighted by atomic mass is 9.73. The second-order valence-electron chi connectivity index (χ2n) is 7.69. The summed E-state index contributed by atoms with van der Waals surface area (Å²) in [7, 11) is 4.53. The lowest BCUT2D eigenvalue weighted by Crippen LogP contribution is -2.54. The molecular weight excluding hydrogens is 420 g/mol. The van der Waals surface area contributed by atoms with E-state index >= 15 is 0 Å². The van der Waals surface area contributed by atoms with E-state index in [2.05, 4.69) is 0 Å². The van der Waals surface area contributed by atoms with Gasteiger partial charge >= 0.3 is 5.97 Å². The first-order valence-corrected chi connectivity index (χ1v) is 9.94. The van der Waals surface area contributed by atoms with E-state index in [4.69, 9.17) is 33.2 Å². The van der Waals surface area contributed by atoms with Crippen LogP contribution in [-0.4, -0.2) is 45.0 Å². The number of allylic oxidation sites excluding steroid dienone is 1. The molecule has 9 nitrogen and oxygen atoms in total. The van der Waals surface area contributed by atoms with Crippen LogP contribution in [0.3, 0.4) is 0 Å². The molecule has 3 heterocycles. The number of methoxy groups -OCH3 is 3. The molecule has 1 N–H and O–H groups in total. The van der Waals surface area contributed by atoms with Crippen molar-refractivity contribution in [2.24, 2.45) is 5.92 Å². The van der Waals surface area contributed by atoms with Crippen molar-refractivity contribution in [2.45, 2.75) is 18.6 Å². The zero-order valence-corrected chi connectivity index (χ0v) is 18.0. The van der Waals surface area contributed by atoms with Crippen molar-refractivity contribution in [3.05, 3.63) is 47.2 Å². The van der Waals surface area contributed by atoms with E-state index in [0.717, 1.165) is 0 Å². The van der Waals surface area contributed by atoms with Crippen molar-refractivity contribution >= 4 is 5.97 Å². The monoisotopic (exact) mass is 442 g/mol. The molecule has 3 unspecified atom stereocenters. The molecule has 3 aliphatic heterocycles. The quantitative estimate of drug-likeness (QED) is 0.716. The minimum Gasteiger partial charge on any atom is -0.493 e. The van der Waals surface area contributed by atoms with Crippen molar-refractivity contribution in [1.82, 2.24) is 0 Å². The van der Waals surface area contributed by atoms with Gasteiger partial charge in [0.05, 0.1) is 21.3 Å². The number of fused-ring (bicyclic) bond motifs is 3. The SMILES string of the molecule is COc1cc(C2c3cc4c(cc3OC3(O)C=C(C)OC(=O)C23)OCO4)cc(OC)c1OC. The molecule has 0 saturated heterocycles. The van der Waals surface area contributed by atoms with Crippen LogP contribution in [0, 0.1) is 5.92 Å². The maximum Gasteiger partial charge on any atom is 0.322 e. The molecule has 0 aliphatic carbocycles. The molecule has 0 saturated carbocycles. The lowest BCUT2D eigenvalue weighted by molar-refractivity contribution is -0.191. The number of hydrogen-bond donors (Lipinski definition) is 1. The minimum atomic E-state index is -1.93. The van der Waals surface area contributed by atoms with E-state index < -0.39 is 23.6 Å². The maximum absolute atomic E-state index is 13.1. The molecule has 0 amide bonds. The predicted octanol–water partition coefficient (Wildman–Crippen LogP) is 2.73. The highest BCUT2D eigenvalue weighted by Crippen LogP contribution is 2.55. The summed E-state index contributed by atoms with van der Waals surface area (Å²) in [4.78, 5) is 13.1. The Labute approximate surface area is 184 Å². The van der Waals surface area contributed by atoms with E-state index in [-0.39, 0.29) is 12.6 Å². The molecule has 2 aromatic carbocycles. The van der Waals surface area contributed by atoms with Crippen LogP contribution in [0.1, 0.15) is 24.0 Å². The molecule has 0 fully saturated rings. The van der Waals surface area contributed by atoms with Gasteiger partial charge in [-0.15, -0.1) is 0 Å². The number of rotatable bonds is 4. The van der Waals surface area contributed by atoms with Crippen molar-refractivity contribution < 1.29 is 43.1 Å². The van der Waals surface area contributed by atoms with Gasteiger partial charge in [0.15, 0.2) is 23.0 Å². The summed E-state index contributed by atoms with van der Waals surface area (Å²) in [5.41, 5.74) is 1.26. The van der Waals surface area contributed by atoms with Gasteiger partial charge < -0.3 is 38.3 Å². The number of carbonyl (C=O) groups is 1. The fourth-order valence-corrected chi connectivity index (χ4v) is 4.55. The van der Waals surface area contributed by atoms with Crippen LogP contribution in [-0.2, 0) is 9.53 Å². The third-order valence-corrected chi connectivity index (χ3v) is 5.86. The Balaban J connectivity index is 1.77. The zero-order chi connectivity index (χ0) is 22.6. The van der Waals surface area contributed by atoms with Crippen molar-refractivity contribution in [2.75, 3.05) is 28.1 Å². The summed E-state index contributed by atoms with van der Waals surface area (Å²) >= 11 is 0. The average Bonchev–Trinajstić information content (AvgIpc) is 3.21. The van der Waals surface area contributed by atoms with Gasteiger partial charge in [0, 0.05) is 23.6 Å². The fraction of sp³-hybridized carbons (Fsp3) is 0.348. The third-order valence-electron chi connectivity index (χ3n) is 5.86. The number of esters is 1. The molecule has 3 aliphatic rings. The summed E-state index contributed by atoms with van der Waals surface area (Å²) in [6.07, 6.45) is 1.40. The molecule has 0 spiro atoms. The van der Waals surface area contributed by atoms with Gasteiger partial charge in [0.2, 0.25) is 18.3 Å². The van der Waals surface area contributed by atoms with Crippen LogP contribution in [0.25, 0.3) is 0 Å². The summed E-state index contributed by atoms with van der Waals surface area (Å²) in [5, 5.41) is 11.5. The van der Waals surface area contributed by atoms with Gasteiger partial charge in [-0.3, -0.25) is 4.79 Å². The number of cyclic esters (lactones) is 1. The second-order valence-corrected chi connectivity index (χ2v) is 7.69. The third kappa shape index (κ3) is 2.92. The molecule has 9 heteroatoms. The Morgan fingerprint density at radius 1 is 0.969 bits per heavy atom. The van der Waals surface area contributed by atoms with Crippen molar-refractivity contribution in [3.8, 4) is 34.5 Å². The molecule has 0 bridgehead atoms. The van der Waals surface area contributed by atoms with E-state index in [9.17, 15) is 9.90 Å². The molecule has 32 heavy (non-hydrogen) atoms. The normalized spacial score (nSPS) is 25.0. The first-order valence-electron chi connectivity index (χ1n) is 9.94. The summed E-state index contributed by atoms with van der Waals surface area (Å²) in [5.74, 6) is -1.45. The number of benzene rings is 2. The molecular formula is C23H22O9. The first-order chi connectivity index (χ1) is 15.4. The van der Waals surface area contributed by atoms with Crippen molar-refractivity contribution in [3.63, 3.8) is 0 Å². The zero-order valence-electron chi connectivity index (χ0n) is 18.0. The van der Waals surface area contributed by atoms with Gasteiger partial charge in [0.25, 0.3) is 0 Å². The Hall–Kier alpha value is -3.59. The predicted molar refractivity (Wildman–Crippen MR) is 109 cm³/mol. The summed E-state index contributed by atoms with van der Waals surface area (Å²) in [6.45, 7) is 1.65. The second kappa shape index (κ2) is 7.23. The Kier molecular flexibility index (Phi) is 4.59. The van der Waals surface area contributed by atoms with Crippen LogP contribution >= 0.6 is 0 Å². The van der Waals surface area contributed by atoms with Crippen LogP contribution in [0.4, 0.5) is 0 Å². The van der Waals surface area contributed by atoms with E-state index in [1.165, 1.54) is 27.4 Å². The van der Waals surface area contributed by atoms with Crippen molar-refractivity contribution in [1.29, 1.82) is 0 Å². The number of ether oxygens (including phenoxy) is 7. The molecule has 5 rings (SSSR count). The van der Waals surface area contributed by atoms with Crippen LogP contribution in [0.2, 0.25) is 0 Å². The Morgan fingerprint density at radius 3 is 2.25 bits per heavy atom. The smallest absolute Gasteiger partial charge is 0.322 e. The Morgan fingerprint density at radius 2 is 1.62 bits per heavy atom. The average molecular weight is 442 g/mol. The van der Waals surface area contributed by atoms with E-state index in [1.807, 2.05) is 0 Å². The van der Waals surface area contributed by atoms with E-state index in [1.54, 1.807) is 31.2 Å². The number of hydrogen-bond acceptors (Lipinski definition) is 9. The van der Waals surface area contributed by atoms with E-state index in [0.29, 0.717) is 45.6 Å². The fourth-order valence-electron chi connectivity index (χ4n) is 4.55. The van der Waals surface area contributed by atoms with Gasteiger partial charge in [-0.05, 0) is 30.7 Å². The summed E-state index contributed by atoms with van der Waals surface area (Å²) < 4.78 is 38.8. The van der Waals surface area contributed by atoms with Gasteiger partial charge in [-0.1, -0.05) is 0 Å². The van der Waals surface area contributed by atoms with Gasteiger partial charge in [-0.25, -0.2) is 0 Å². The number of aliphatic hydroxyl groups is 1. The highest BCUT2D eigenvalue weighted by atomic mass is 16.7. The standard InChI is InChI=1S/C23H22O9/c1-11-9-23(25)20(22(24)31-11)19(12-5-17(26-2)21(28-4)18(6-12)27-3)13-7-15-16(30-10-29-15)8-14(13)32-23/h5-9,19-20,25H,10H2,1-4H3. The summed E-state index contributed by atoms with van der Waals surface area (Å²) in [6, 6.07) is 6.89. The van der Waals surface area contributed by atoms with Crippen LogP contribution < -0.4 is 28.4 Å². The Bertz CT molecular complexity index is 1110. The highest BCUT2D eigenvalue weighted by Gasteiger charge is 2.56. The van der Waals surface area contributed by atoms with Crippen LogP contribution in [0.5, 0.6) is 34.5 Å². The van der Waals surface area contributed by atoms with Gasteiger partial charge in [-0.2, -0.15) is 0 Å². The maximum atomic E-state index is 13.1. The number of carbonyl (C=O) groups excluding carboxylic acids is 1. The minimum absolute atomic E-state index is 0.0713. The molecule has 0 radical (unpaired) electrons. The highest BCUT2D eigenvalue weighted by molar-refractivity contribution is 5.80. The lowest BCUT2D eigenvalue weighted by Gasteiger charge is -2.44. The molecule has 0 aromatic heterocycles.